The molecule has 0 fully saturated rings. The molecule has 0 atom stereocenters. The monoisotopic (exact) mass is 291 g/mol. The number of rotatable bonds is 3. The number of nitrogens with zero attached hydrogens (tertiary/aromatic N) is 2. The van der Waals surface area contributed by atoms with Crippen LogP contribution in [-0.4, -0.2) is 20.6 Å². The molecule has 0 saturated heterocycles. The highest BCUT2D eigenvalue weighted by Gasteiger charge is 2.13. The number of H-pyrrole nitrogens is 1. The van der Waals surface area contributed by atoms with Crippen LogP contribution in [0.4, 0.5) is 0 Å². The first-order chi connectivity index (χ1) is 9.40. The van der Waals surface area contributed by atoms with Crippen molar-refractivity contribution in [2.45, 2.75) is 17.0 Å². The van der Waals surface area contributed by atoms with E-state index >= 15 is 0 Å². The van der Waals surface area contributed by atoms with E-state index in [9.17, 15) is 9.59 Å². The summed E-state index contributed by atoms with van der Waals surface area (Å²) in [6.07, 6.45) is 0. The second-order valence-electron chi connectivity index (χ2n) is 4.17. The first-order valence-electron chi connectivity index (χ1n) is 5.69. The average molecular weight is 291 g/mol. The fourth-order valence-corrected chi connectivity index (χ4v) is 2.65. The number of amidine groups is 1. The molecule has 104 valence electrons. The Bertz CT molecular complexity index is 793. The Morgan fingerprint density at radius 2 is 2.15 bits per heavy atom. The highest BCUT2D eigenvalue weighted by Crippen LogP contribution is 2.30. The van der Waals surface area contributed by atoms with Crippen LogP contribution in [0.3, 0.4) is 0 Å². The maximum Gasteiger partial charge on any atom is 0.339 e. The SMILES string of the molecule is Cc1cccc(C(=N)N)c1Sc1nc(=O)c(=O)[nH]n1C. The molecule has 0 amide bonds. The Kier molecular flexibility index (Phi) is 3.75. The van der Waals surface area contributed by atoms with Crippen molar-refractivity contribution in [2.75, 3.05) is 0 Å². The molecular weight excluding hydrogens is 278 g/mol. The third-order valence-electron chi connectivity index (χ3n) is 2.64. The van der Waals surface area contributed by atoms with Crippen LogP contribution in [0.2, 0.25) is 0 Å². The van der Waals surface area contributed by atoms with Gasteiger partial charge in [-0.05, 0) is 24.2 Å². The molecular formula is C12H13N5O2S. The van der Waals surface area contributed by atoms with Crippen molar-refractivity contribution in [1.29, 1.82) is 5.41 Å². The first kappa shape index (κ1) is 14.1. The zero-order valence-corrected chi connectivity index (χ0v) is 11.7. The van der Waals surface area contributed by atoms with E-state index in [1.165, 1.54) is 16.4 Å². The van der Waals surface area contributed by atoms with E-state index < -0.39 is 11.1 Å². The van der Waals surface area contributed by atoms with E-state index in [-0.39, 0.29) is 5.84 Å². The van der Waals surface area contributed by atoms with Crippen molar-refractivity contribution in [3.63, 3.8) is 0 Å². The molecule has 7 nitrogen and oxygen atoms in total. The molecule has 2 aromatic rings. The van der Waals surface area contributed by atoms with Crippen LogP contribution in [0, 0.1) is 12.3 Å². The second kappa shape index (κ2) is 5.33. The van der Waals surface area contributed by atoms with Crippen LogP contribution in [0.5, 0.6) is 0 Å². The molecule has 0 unspecified atom stereocenters. The number of hydrogen-bond acceptors (Lipinski definition) is 5. The fourth-order valence-electron chi connectivity index (χ4n) is 1.64. The molecule has 8 heteroatoms. The van der Waals surface area contributed by atoms with Crippen molar-refractivity contribution in [3.8, 4) is 0 Å². The lowest BCUT2D eigenvalue weighted by Gasteiger charge is -2.12. The molecule has 4 N–H and O–H groups in total. The third kappa shape index (κ3) is 2.64. The number of aromatic nitrogens is 3. The van der Waals surface area contributed by atoms with Gasteiger partial charge in [-0.1, -0.05) is 18.2 Å². The van der Waals surface area contributed by atoms with E-state index in [1.54, 1.807) is 19.2 Å². The van der Waals surface area contributed by atoms with E-state index in [0.29, 0.717) is 10.7 Å². The number of nitrogens with one attached hydrogen (secondary N) is 2. The molecule has 0 aliphatic carbocycles. The molecule has 1 aromatic carbocycles. The summed E-state index contributed by atoms with van der Waals surface area (Å²) in [5.74, 6) is -0.0642. The fraction of sp³-hybridized carbons (Fsp3) is 0.167. The number of aryl methyl sites for hydroxylation is 2. The zero-order valence-electron chi connectivity index (χ0n) is 10.9. The number of nitrogens with two attached hydrogens (primary N) is 1. The van der Waals surface area contributed by atoms with E-state index in [2.05, 4.69) is 10.1 Å². The second-order valence-corrected chi connectivity index (χ2v) is 5.14. The summed E-state index contributed by atoms with van der Waals surface area (Å²) in [4.78, 5) is 27.0. The molecule has 1 heterocycles. The van der Waals surface area contributed by atoms with E-state index in [4.69, 9.17) is 11.1 Å². The van der Waals surface area contributed by atoms with E-state index in [1.807, 2.05) is 13.0 Å². The van der Waals surface area contributed by atoms with Gasteiger partial charge >= 0.3 is 11.1 Å². The van der Waals surface area contributed by atoms with Gasteiger partial charge < -0.3 is 5.73 Å². The summed E-state index contributed by atoms with van der Waals surface area (Å²) >= 11 is 1.18. The lowest BCUT2D eigenvalue weighted by Crippen LogP contribution is -2.33. The number of nitrogen functional groups attached to an aromatic ring is 1. The van der Waals surface area contributed by atoms with Gasteiger partial charge in [-0.3, -0.25) is 24.8 Å². The topological polar surface area (TPSA) is 118 Å². The minimum absolute atomic E-state index is 0.0642. The Morgan fingerprint density at radius 1 is 1.45 bits per heavy atom. The molecule has 20 heavy (non-hydrogen) atoms. The molecule has 0 radical (unpaired) electrons. The lowest BCUT2D eigenvalue weighted by molar-refractivity contribution is 0.596. The predicted molar refractivity (Wildman–Crippen MR) is 76.4 cm³/mol. The first-order valence-corrected chi connectivity index (χ1v) is 6.51. The van der Waals surface area contributed by atoms with Crippen molar-refractivity contribution >= 4 is 17.6 Å². The smallest absolute Gasteiger partial charge is 0.339 e. The number of aromatic amines is 1. The van der Waals surface area contributed by atoms with Crippen LogP contribution in [-0.2, 0) is 7.05 Å². The Morgan fingerprint density at radius 3 is 2.80 bits per heavy atom. The molecule has 0 saturated carbocycles. The van der Waals surface area contributed by atoms with Gasteiger partial charge in [0.15, 0.2) is 5.16 Å². The summed E-state index contributed by atoms with van der Waals surface area (Å²) in [5, 5.41) is 10.3. The van der Waals surface area contributed by atoms with Gasteiger partial charge in [0.05, 0.1) is 0 Å². The normalized spacial score (nSPS) is 10.5. The van der Waals surface area contributed by atoms with Crippen LogP contribution in [0.1, 0.15) is 11.1 Å². The molecule has 1 aromatic heterocycles. The Hall–Kier alpha value is -2.35. The summed E-state index contributed by atoms with van der Waals surface area (Å²) in [7, 11) is 1.59. The highest BCUT2D eigenvalue weighted by molar-refractivity contribution is 7.99. The zero-order chi connectivity index (χ0) is 14.9. The minimum atomic E-state index is -0.844. The highest BCUT2D eigenvalue weighted by atomic mass is 32.2. The maximum atomic E-state index is 11.3. The standard InChI is InChI=1S/C12H13N5O2S/c1-6-4-3-5-7(9(13)14)8(6)20-12-15-10(18)11(19)16-17(12)2/h3-5H,1-2H3,(H3,13,14)(H,16,19). The van der Waals surface area contributed by atoms with Gasteiger partial charge in [-0.25, -0.2) is 0 Å². The van der Waals surface area contributed by atoms with Crippen LogP contribution < -0.4 is 16.9 Å². The number of hydrogen-bond donors (Lipinski definition) is 3. The lowest BCUT2D eigenvalue weighted by atomic mass is 10.1. The van der Waals surface area contributed by atoms with Crippen molar-refractivity contribution in [2.24, 2.45) is 12.8 Å². The predicted octanol–water partition coefficient (Wildman–Crippen LogP) is 0.212. The average Bonchev–Trinajstić information content (AvgIpc) is 2.37. The minimum Gasteiger partial charge on any atom is -0.384 e. The van der Waals surface area contributed by atoms with Crippen LogP contribution >= 0.6 is 11.8 Å². The molecule has 2 rings (SSSR count). The quantitative estimate of drug-likeness (QED) is 0.424. The summed E-state index contributed by atoms with van der Waals surface area (Å²) in [5.41, 5.74) is 5.41. The molecule has 0 spiro atoms. The molecule has 0 aliphatic rings. The van der Waals surface area contributed by atoms with Gasteiger partial charge in [0, 0.05) is 17.5 Å². The van der Waals surface area contributed by atoms with E-state index in [0.717, 1.165) is 10.5 Å². The van der Waals surface area contributed by atoms with Crippen LogP contribution in [0.15, 0.2) is 37.8 Å². The van der Waals surface area contributed by atoms with Crippen molar-refractivity contribution in [3.05, 3.63) is 50.0 Å². The molecule has 0 bridgehead atoms. The Balaban J connectivity index is 2.56. The van der Waals surface area contributed by atoms with Gasteiger partial charge in [-0.2, -0.15) is 4.98 Å². The largest absolute Gasteiger partial charge is 0.384 e. The Labute approximate surface area is 118 Å². The maximum absolute atomic E-state index is 11.3. The number of benzene rings is 1. The van der Waals surface area contributed by atoms with Gasteiger partial charge in [0.25, 0.3) is 0 Å². The summed E-state index contributed by atoms with van der Waals surface area (Å²) in [6.45, 7) is 1.87. The van der Waals surface area contributed by atoms with Gasteiger partial charge in [-0.15, -0.1) is 0 Å². The van der Waals surface area contributed by atoms with Crippen LogP contribution in [0.25, 0.3) is 0 Å². The van der Waals surface area contributed by atoms with Gasteiger partial charge in [0.1, 0.15) is 5.84 Å². The summed E-state index contributed by atoms with van der Waals surface area (Å²) in [6, 6.07) is 5.40. The van der Waals surface area contributed by atoms with Crippen molar-refractivity contribution < 1.29 is 0 Å². The summed E-state index contributed by atoms with van der Waals surface area (Å²) < 4.78 is 1.37. The molecule has 0 aliphatic heterocycles. The van der Waals surface area contributed by atoms with Gasteiger partial charge in [0.2, 0.25) is 0 Å². The third-order valence-corrected chi connectivity index (χ3v) is 3.94. The van der Waals surface area contributed by atoms with Crippen molar-refractivity contribution in [1.82, 2.24) is 14.8 Å².